The third-order valence-corrected chi connectivity index (χ3v) is 5.39. The van der Waals surface area contributed by atoms with E-state index in [0.29, 0.717) is 10.7 Å². The highest BCUT2D eigenvalue weighted by Gasteiger charge is 2.16. The second-order valence-corrected chi connectivity index (χ2v) is 7.44. The fraction of sp³-hybridized carbons (Fsp3) is 0.143. The van der Waals surface area contributed by atoms with Crippen LogP contribution in [0.5, 0.6) is 0 Å². The fourth-order valence-electron chi connectivity index (χ4n) is 1.71. The Labute approximate surface area is 132 Å². The molecule has 0 aliphatic rings. The first kappa shape index (κ1) is 15.4. The quantitative estimate of drug-likeness (QED) is 0.858. The lowest BCUT2D eigenvalue weighted by molar-refractivity contribution is 0.601. The largest absolute Gasteiger partial charge is 0.278 e. The molecule has 0 saturated heterocycles. The molecule has 0 unspecified atom stereocenters. The van der Waals surface area contributed by atoms with Crippen LogP contribution in [-0.2, 0) is 10.0 Å². The van der Waals surface area contributed by atoms with Crippen molar-refractivity contribution in [3.63, 3.8) is 0 Å². The van der Waals surface area contributed by atoms with Crippen molar-refractivity contribution in [2.75, 3.05) is 4.72 Å². The van der Waals surface area contributed by atoms with Crippen LogP contribution in [0.3, 0.4) is 0 Å². The highest BCUT2D eigenvalue weighted by molar-refractivity contribution is 9.10. The Hall–Kier alpha value is -1.04. The van der Waals surface area contributed by atoms with Crippen molar-refractivity contribution in [3.8, 4) is 0 Å². The second-order valence-electron chi connectivity index (χ2n) is 4.50. The average Bonchev–Trinajstić information content (AvgIpc) is 2.36. The highest BCUT2D eigenvalue weighted by Crippen LogP contribution is 2.27. The minimum absolute atomic E-state index is 0.204. The zero-order valence-corrected chi connectivity index (χ0v) is 14.1. The van der Waals surface area contributed by atoms with Crippen LogP contribution in [0.25, 0.3) is 0 Å². The number of hydrogen-bond donors (Lipinski definition) is 1. The predicted octanol–water partition coefficient (Wildman–Crippen LogP) is 4.52. The van der Waals surface area contributed by atoms with Crippen molar-refractivity contribution in [1.82, 2.24) is 0 Å². The van der Waals surface area contributed by atoms with E-state index in [2.05, 4.69) is 20.7 Å². The molecule has 1 N–H and O–H groups in total. The van der Waals surface area contributed by atoms with Crippen LogP contribution in [-0.4, -0.2) is 8.42 Å². The number of halogens is 2. The highest BCUT2D eigenvalue weighted by atomic mass is 79.9. The zero-order chi connectivity index (χ0) is 14.9. The maximum atomic E-state index is 12.3. The molecule has 0 spiro atoms. The average molecular weight is 375 g/mol. The minimum Gasteiger partial charge on any atom is -0.278 e. The van der Waals surface area contributed by atoms with Gasteiger partial charge in [-0.15, -0.1) is 0 Å². The van der Waals surface area contributed by atoms with Gasteiger partial charge in [0.25, 0.3) is 10.0 Å². The molecule has 0 bridgehead atoms. The molecular formula is C14H13BrClNO2S. The Balaban J connectivity index is 2.40. The summed E-state index contributed by atoms with van der Waals surface area (Å²) >= 11 is 9.36. The van der Waals surface area contributed by atoms with Gasteiger partial charge in [0.05, 0.1) is 15.6 Å². The molecular weight excluding hydrogens is 362 g/mol. The van der Waals surface area contributed by atoms with E-state index in [1.807, 2.05) is 19.9 Å². The van der Waals surface area contributed by atoms with Crippen LogP contribution in [0.15, 0.2) is 45.8 Å². The maximum absolute atomic E-state index is 12.3. The van der Waals surface area contributed by atoms with E-state index in [9.17, 15) is 8.42 Å². The Morgan fingerprint density at radius 2 is 1.80 bits per heavy atom. The van der Waals surface area contributed by atoms with Crippen molar-refractivity contribution in [3.05, 3.63) is 57.0 Å². The lowest BCUT2D eigenvalue weighted by Crippen LogP contribution is -2.13. The van der Waals surface area contributed by atoms with Gasteiger partial charge >= 0.3 is 0 Å². The third-order valence-electron chi connectivity index (χ3n) is 2.81. The lowest BCUT2D eigenvalue weighted by atomic mass is 10.2. The van der Waals surface area contributed by atoms with E-state index in [-0.39, 0.29) is 4.90 Å². The molecule has 3 nitrogen and oxygen atoms in total. The van der Waals surface area contributed by atoms with Crippen molar-refractivity contribution >= 4 is 43.2 Å². The molecule has 6 heteroatoms. The van der Waals surface area contributed by atoms with Gasteiger partial charge in [0.2, 0.25) is 0 Å². The molecule has 0 atom stereocenters. The van der Waals surface area contributed by atoms with Crippen LogP contribution >= 0.6 is 27.5 Å². The van der Waals surface area contributed by atoms with Gasteiger partial charge in [0.15, 0.2) is 0 Å². The van der Waals surface area contributed by atoms with Gasteiger partial charge < -0.3 is 0 Å². The van der Waals surface area contributed by atoms with Crippen LogP contribution in [0.2, 0.25) is 5.02 Å². The summed E-state index contributed by atoms with van der Waals surface area (Å²) < 4.78 is 28.1. The summed E-state index contributed by atoms with van der Waals surface area (Å²) in [5.74, 6) is 0. The summed E-state index contributed by atoms with van der Waals surface area (Å²) in [4.78, 5) is 0.204. The zero-order valence-electron chi connectivity index (χ0n) is 10.9. The fourth-order valence-corrected chi connectivity index (χ4v) is 3.33. The molecule has 106 valence electrons. The van der Waals surface area contributed by atoms with E-state index in [1.54, 1.807) is 30.3 Å². The number of benzene rings is 2. The number of sulfonamides is 1. The number of aryl methyl sites for hydroxylation is 2. The molecule has 20 heavy (non-hydrogen) atoms. The van der Waals surface area contributed by atoms with Crippen LogP contribution in [0, 0.1) is 13.8 Å². The minimum atomic E-state index is -3.65. The van der Waals surface area contributed by atoms with Gasteiger partial charge in [-0.25, -0.2) is 8.42 Å². The van der Waals surface area contributed by atoms with Gasteiger partial charge in [0.1, 0.15) is 0 Å². The molecule has 2 aromatic carbocycles. The predicted molar refractivity (Wildman–Crippen MR) is 85.9 cm³/mol. The van der Waals surface area contributed by atoms with Crippen LogP contribution < -0.4 is 4.72 Å². The van der Waals surface area contributed by atoms with E-state index in [0.717, 1.165) is 15.6 Å². The molecule has 0 amide bonds. The first-order valence-corrected chi connectivity index (χ1v) is 8.50. The van der Waals surface area contributed by atoms with E-state index >= 15 is 0 Å². The SMILES string of the molecule is Cc1ccc(Cl)c(NS(=O)(=O)c2ccc(Br)c(C)c2)c1. The first-order valence-electron chi connectivity index (χ1n) is 5.85. The molecule has 0 saturated carbocycles. The van der Waals surface area contributed by atoms with Crippen molar-refractivity contribution < 1.29 is 8.42 Å². The van der Waals surface area contributed by atoms with Crippen molar-refractivity contribution in [2.45, 2.75) is 18.7 Å². The number of hydrogen-bond acceptors (Lipinski definition) is 2. The Kier molecular flexibility index (Phi) is 4.42. The summed E-state index contributed by atoms with van der Waals surface area (Å²) in [5.41, 5.74) is 2.16. The Bertz CT molecular complexity index is 760. The summed E-state index contributed by atoms with van der Waals surface area (Å²) in [5, 5.41) is 0.369. The number of anilines is 1. The van der Waals surface area contributed by atoms with Gasteiger partial charge in [-0.05, 0) is 55.3 Å². The summed E-state index contributed by atoms with van der Waals surface area (Å²) in [6.07, 6.45) is 0. The first-order chi connectivity index (χ1) is 9.29. The molecule has 0 fully saturated rings. The van der Waals surface area contributed by atoms with E-state index in [4.69, 9.17) is 11.6 Å². The van der Waals surface area contributed by atoms with Gasteiger partial charge in [-0.3, -0.25) is 4.72 Å². The number of nitrogens with one attached hydrogen (secondary N) is 1. The topological polar surface area (TPSA) is 46.2 Å². The molecule has 0 heterocycles. The molecule has 0 aromatic heterocycles. The van der Waals surface area contributed by atoms with E-state index < -0.39 is 10.0 Å². The summed E-state index contributed by atoms with van der Waals surface area (Å²) in [6.45, 7) is 3.71. The normalized spacial score (nSPS) is 11.4. The molecule has 2 rings (SSSR count). The van der Waals surface area contributed by atoms with Crippen molar-refractivity contribution in [1.29, 1.82) is 0 Å². The Morgan fingerprint density at radius 3 is 2.45 bits per heavy atom. The maximum Gasteiger partial charge on any atom is 0.261 e. The monoisotopic (exact) mass is 373 g/mol. The second kappa shape index (κ2) is 5.76. The van der Waals surface area contributed by atoms with Crippen LogP contribution in [0.4, 0.5) is 5.69 Å². The molecule has 0 radical (unpaired) electrons. The van der Waals surface area contributed by atoms with Gasteiger partial charge in [-0.1, -0.05) is 33.6 Å². The van der Waals surface area contributed by atoms with Gasteiger partial charge in [0, 0.05) is 4.47 Å². The molecule has 0 aliphatic carbocycles. The standard InChI is InChI=1S/C14H13BrClNO2S/c1-9-3-6-13(16)14(7-9)17-20(18,19)11-4-5-12(15)10(2)8-11/h3-8,17H,1-2H3. The Morgan fingerprint density at radius 1 is 1.10 bits per heavy atom. The van der Waals surface area contributed by atoms with Crippen molar-refractivity contribution in [2.24, 2.45) is 0 Å². The number of rotatable bonds is 3. The molecule has 0 aliphatic heterocycles. The summed E-state index contributed by atoms with van der Waals surface area (Å²) in [6, 6.07) is 10.1. The van der Waals surface area contributed by atoms with E-state index in [1.165, 1.54) is 0 Å². The summed E-state index contributed by atoms with van der Waals surface area (Å²) in [7, 11) is -3.65. The van der Waals surface area contributed by atoms with Crippen LogP contribution in [0.1, 0.15) is 11.1 Å². The lowest BCUT2D eigenvalue weighted by Gasteiger charge is -2.11. The smallest absolute Gasteiger partial charge is 0.261 e. The van der Waals surface area contributed by atoms with Gasteiger partial charge in [-0.2, -0.15) is 0 Å². The third kappa shape index (κ3) is 3.34. The molecule has 2 aromatic rings.